The zero-order chi connectivity index (χ0) is 22.6. The highest BCUT2D eigenvalue weighted by molar-refractivity contribution is 5.70. The summed E-state index contributed by atoms with van der Waals surface area (Å²) in [6.07, 6.45) is 2.15. The van der Waals surface area contributed by atoms with Crippen molar-refractivity contribution in [3.63, 3.8) is 0 Å². The van der Waals surface area contributed by atoms with Crippen LogP contribution >= 0.6 is 0 Å². The first kappa shape index (κ1) is 21.7. The van der Waals surface area contributed by atoms with E-state index in [0.717, 1.165) is 35.1 Å². The lowest BCUT2D eigenvalue weighted by molar-refractivity contribution is -0.0177. The second-order valence-electron chi connectivity index (χ2n) is 7.68. The highest BCUT2D eigenvalue weighted by atomic mass is 19.3. The number of tetrazole rings is 1. The van der Waals surface area contributed by atoms with Gasteiger partial charge in [0.15, 0.2) is 0 Å². The summed E-state index contributed by atoms with van der Waals surface area (Å²) in [5.74, 6) is -2.26. The molecule has 4 aromatic rings. The lowest BCUT2D eigenvalue weighted by Gasteiger charge is -2.09. The lowest BCUT2D eigenvalue weighted by atomic mass is 10.0. The second-order valence-corrected chi connectivity index (χ2v) is 7.68. The normalized spacial score (nSPS) is 11.8. The van der Waals surface area contributed by atoms with Crippen LogP contribution in [0.15, 0.2) is 48.5 Å². The quantitative estimate of drug-likeness (QED) is 0.397. The monoisotopic (exact) mass is 437 g/mol. The van der Waals surface area contributed by atoms with Gasteiger partial charge in [-0.1, -0.05) is 62.7 Å². The van der Waals surface area contributed by atoms with E-state index in [1.165, 1.54) is 6.92 Å². The van der Waals surface area contributed by atoms with Crippen molar-refractivity contribution in [3.05, 3.63) is 65.7 Å². The fourth-order valence-electron chi connectivity index (χ4n) is 3.43. The smallest absolute Gasteiger partial charge is 0.245 e. The van der Waals surface area contributed by atoms with Gasteiger partial charge in [0, 0.05) is 18.4 Å². The summed E-state index contributed by atoms with van der Waals surface area (Å²) in [5.41, 5.74) is 3.89. The first-order chi connectivity index (χ1) is 15.5. The highest BCUT2D eigenvalue weighted by Gasteiger charge is 2.35. The number of hydrogen-bond donors (Lipinski definition) is 1. The predicted molar refractivity (Wildman–Crippen MR) is 117 cm³/mol. The number of hydrogen-bond acceptors (Lipinski definition) is 5. The van der Waals surface area contributed by atoms with Crippen molar-refractivity contribution in [2.24, 2.45) is 0 Å². The fraction of sp³-hybridized carbons (Fsp3) is 0.348. The van der Waals surface area contributed by atoms with E-state index < -0.39 is 5.92 Å². The molecular weight excluding hydrogens is 412 g/mol. The Morgan fingerprint density at radius 1 is 1.00 bits per heavy atom. The summed E-state index contributed by atoms with van der Waals surface area (Å²) in [5, 5.41) is 18.3. The second kappa shape index (κ2) is 9.33. The van der Waals surface area contributed by atoms with Crippen LogP contribution in [0, 0.1) is 0 Å². The summed E-state index contributed by atoms with van der Waals surface area (Å²) in [6, 6.07) is 15.9. The fourth-order valence-corrected chi connectivity index (χ4v) is 3.43. The average Bonchev–Trinajstić information content (AvgIpc) is 3.49. The van der Waals surface area contributed by atoms with Crippen molar-refractivity contribution in [1.29, 1.82) is 0 Å². The Kier molecular flexibility index (Phi) is 6.34. The molecule has 0 radical (unpaired) electrons. The first-order valence-corrected chi connectivity index (χ1v) is 10.8. The minimum atomic E-state index is -3.01. The minimum Gasteiger partial charge on any atom is -0.245 e. The molecule has 0 aliphatic carbocycles. The van der Waals surface area contributed by atoms with E-state index in [2.05, 4.69) is 37.6 Å². The summed E-state index contributed by atoms with van der Waals surface area (Å²) >= 11 is 0. The Labute approximate surface area is 184 Å². The zero-order valence-corrected chi connectivity index (χ0v) is 18.1. The molecule has 0 unspecified atom stereocenters. The molecule has 1 N–H and O–H groups in total. The maximum Gasteiger partial charge on any atom is 0.308 e. The van der Waals surface area contributed by atoms with E-state index in [0.29, 0.717) is 24.6 Å². The standard InChI is InChI=1S/C23H25F2N7/c1-3-5-9-20-26-22(23(24,25)4-2)29-32(20)15-16-10-12-17(13-11-16)18-7-6-8-19(14-18)21-27-30-31-28-21/h6-8,10-14H,3-5,9,15H2,1-2H3,(H,27,28,30,31). The molecule has 0 bridgehead atoms. The van der Waals surface area contributed by atoms with Gasteiger partial charge >= 0.3 is 5.92 Å². The summed E-state index contributed by atoms with van der Waals surface area (Å²) in [6.45, 7) is 3.91. The van der Waals surface area contributed by atoms with Gasteiger partial charge in [0.05, 0.1) is 6.54 Å². The van der Waals surface area contributed by atoms with Gasteiger partial charge < -0.3 is 0 Å². The van der Waals surface area contributed by atoms with Gasteiger partial charge in [0.2, 0.25) is 11.6 Å². The Morgan fingerprint density at radius 3 is 2.47 bits per heavy atom. The van der Waals surface area contributed by atoms with Gasteiger partial charge in [-0.3, -0.25) is 0 Å². The molecule has 0 aliphatic heterocycles. The molecule has 0 atom stereocenters. The number of aromatic nitrogens is 7. The molecule has 2 heterocycles. The van der Waals surface area contributed by atoms with Crippen molar-refractivity contribution in [2.45, 2.75) is 52.0 Å². The lowest BCUT2D eigenvalue weighted by Crippen LogP contribution is -2.14. The van der Waals surface area contributed by atoms with Gasteiger partial charge in [-0.2, -0.15) is 14.0 Å². The van der Waals surface area contributed by atoms with Crippen LogP contribution in [0.1, 0.15) is 50.3 Å². The molecule has 9 heteroatoms. The summed E-state index contributed by atoms with van der Waals surface area (Å²) in [4.78, 5) is 4.17. The van der Waals surface area contributed by atoms with E-state index in [1.807, 2.05) is 48.5 Å². The van der Waals surface area contributed by atoms with Crippen molar-refractivity contribution >= 4 is 0 Å². The number of aryl methyl sites for hydroxylation is 1. The van der Waals surface area contributed by atoms with Gasteiger partial charge in [-0.05, 0) is 34.4 Å². The van der Waals surface area contributed by atoms with Crippen molar-refractivity contribution in [2.75, 3.05) is 0 Å². The van der Waals surface area contributed by atoms with Crippen LogP contribution in [0.4, 0.5) is 8.78 Å². The van der Waals surface area contributed by atoms with E-state index in [1.54, 1.807) is 4.68 Å². The summed E-state index contributed by atoms with van der Waals surface area (Å²) in [7, 11) is 0. The van der Waals surface area contributed by atoms with Crippen molar-refractivity contribution in [3.8, 4) is 22.5 Å². The topological polar surface area (TPSA) is 85.2 Å². The molecule has 7 nitrogen and oxygen atoms in total. The molecule has 2 aromatic carbocycles. The molecule has 0 fully saturated rings. The Balaban J connectivity index is 1.56. The third kappa shape index (κ3) is 4.71. The molecule has 4 rings (SSSR count). The third-order valence-electron chi connectivity index (χ3n) is 5.36. The Hall–Kier alpha value is -3.49. The Bertz CT molecular complexity index is 1150. The molecule has 0 saturated carbocycles. The van der Waals surface area contributed by atoms with Crippen LogP contribution in [0.25, 0.3) is 22.5 Å². The molecule has 166 valence electrons. The van der Waals surface area contributed by atoms with Crippen LogP contribution < -0.4 is 0 Å². The molecule has 32 heavy (non-hydrogen) atoms. The van der Waals surface area contributed by atoms with Crippen LogP contribution in [0.2, 0.25) is 0 Å². The number of H-pyrrole nitrogens is 1. The van der Waals surface area contributed by atoms with Crippen molar-refractivity contribution in [1.82, 2.24) is 35.4 Å². The highest BCUT2D eigenvalue weighted by Crippen LogP contribution is 2.29. The Morgan fingerprint density at radius 2 is 1.78 bits per heavy atom. The molecule has 0 saturated heterocycles. The maximum absolute atomic E-state index is 14.2. The van der Waals surface area contributed by atoms with E-state index in [9.17, 15) is 8.78 Å². The largest absolute Gasteiger partial charge is 0.308 e. The number of benzene rings is 2. The van der Waals surface area contributed by atoms with Gasteiger partial charge in [-0.25, -0.2) is 9.67 Å². The first-order valence-electron chi connectivity index (χ1n) is 10.8. The number of nitrogens with one attached hydrogen (secondary N) is 1. The van der Waals surface area contributed by atoms with E-state index in [4.69, 9.17) is 0 Å². The van der Waals surface area contributed by atoms with Crippen LogP contribution in [0.5, 0.6) is 0 Å². The minimum absolute atomic E-state index is 0.318. The number of nitrogens with zero attached hydrogens (tertiary/aromatic N) is 6. The predicted octanol–water partition coefficient (Wildman–Crippen LogP) is 5.02. The maximum atomic E-state index is 14.2. The SMILES string of the molecule is CCCCc1nc(C(F)(F)CC)nn1Cc1ccc(-c2cccc(-c3nn[nH]n3)c2)cc1. The zero-order valence-electron chi connectivity index (χ0n) is 18.1. The molecular formula is C23H25F2N7. The van der Waals surface area contributed by atoms with Crippen LogP contribution in [-0.2, 0) is 18.9 Å². The number of halogens is 2. The molecule has 0 spiro atoms. The van der Waals surface area contributed by atoms with E-state index >= 15 is 0 Å². The molecule has 2 aromatic heterocycles. The molecule has 0 aliphatic rings. The average molecular weight is 437 g/mol. The number of rotatable bonds is 9. The van der Waals surface area contributed by atoms with Crippen LogP contribution in [0.3, 0.4) is 0 Å². The number of unbranched alkanes of at least 4 members (excludes halogenated alkanes) is 1. The number of alkyl halides is 2. The van der Waals surface area contributed by atoms with Crippen molar-refractivity contribution < 1.29 is 8.78 Å². The van der Waals surface area contributed by atoms with Gasteiger partial charge in [0.1, 0.15) is 5.82 Å². The third-order valence-corrected chi connectivity index (χ3v) is 5.36. The van der Waals surface area contributed by atoms with Crippen LogP contribution in [-0.4, -0.2) is 35.4 Å². The molecule has 0 amide bonds. The van der Waals surface area contributed by atoms with Gasteiger partial charge in [0.25, 0.3) is 0 Å². The summed E-state index contributed by atoms with van der Waals surface area (Å²) < 4.78 is 29.9. The van der Waals surface area contributed by atoms with E-state index in [-0.39, 0.29) is 12.2 Å². The van der Waals surface area contributed by atoms with Gasteiger partial charge in [-0.15, -0.1) is 15.3 Å². The number of aromatic amines is 1.